The Bertz CT molecular complexity index is 921. The quantitative estimate of drug-likeness (QED) is 0.645. The second kappa shape index (κ2) is 9.72. The zero-order valence-electron chi connectivity index (χ0n) is 17.2. The van der Waals surface area contributed by atoms with E-state index in [1.54, 1.807) is 22.1 Å². The normalized spacial score (nSPS) is 19.7. The summed E-state index contributed by atoms with van der Waals surface area (Å²) in [5, 5.41) is 3.00. The Morgan fingerprint density at radius 3 is 2.97 bits per heavy atom. The number of rotatable bonds is 6. The molecule has 0 amide bonds. The van der Waals surface area contributed by atoms with Crippen molar-refractivity contribution in [1.29, 1.82) is 0 Å². The SMILES string of the molecule is COC(=O)c1c(OC[C@@H]2CCCCO2)cc(=O)n2c1CCN(Cc1nccs1)CC2. The maximum absolute atomic E-state index is 12.8. The molecule has 0 unspecified atom stereocenters. The molecule has 0 aromatic carbocycles. The minimum Gasteiger partial charge on any atom is -0.490 e. The van der Waals surface area contributed by atoms with Crippen LogP contribution in [-0.4, -0.2) is 59.9 Å². The number of methoxy groups -OCH3 is 1. The van der Waals surface area contributed by atoms with Crippen LogP contribution in [0.4, 0.5) is 0 Å². The molecule has 0 aliphatic carbocycles. The molecule has 2 aliphatic heterocycles. The molecule has 0 bridgehead atoms. The summed E-state index contributed by atoms with van der Waals surface area (Å²) < 4.78 is 18.4. The molecule has 2 aliphatic rings. The molecule has 9 heteroatoms. The van der Waals surface area contributed by atoms with E-state index in [-0.39, 0.29) is 11.7 Å². The monoisotopic (exact) mass is 433 g/mol. The average Bonchev–Trinajstić information content (AvgIpc) is 3.19. The Morgan fingerprint density at radius 1 is 1.33 bits per heavy atom. The van der Waals surface area contributed by atoms with Gasteiger partial charge in [0.15, 0.2) is 0 Å². The number of fused-ring (bicyclic) bond motifs is 1. The molecule has 0 N–H and O–H groups in total. The van der Waals surface area contributed by atoms with Crippen LogP contribution in [0.25, 0.3) is 0 Å². The van der Waals surface area contributed by atoms with Gasteiger partial charge in [0.2, 0.25) is 0 Å². The molecule has 4 heterocycles. The van der Waals surface area contributed by atoms with Gasteiger partial charge in [0.25, 0.3) is 5.56 Å². The highest BCUT2D eigenvalue weighted by Gasteiger charge is 2.27. The Balaban J connectivity index is 1.58. The zero-order chi connectivity index (χ0) is 20.9. The van der Waals surface area contributed by atoms with Crippen LogP contribution >= 0.6 is 11.3 Å². The van der Waals surface area contributed by atoms with Crippen molar-refractivity contribution < 1.29 is 19.0 Å². The molecular formula is C21H27N3O5S. The fraction of sp³-hybridized carbons (Fsp3) is 0.571. The lowest BCUT2D eigenvalue weighted by atomic mass is 10.1. The first-order valence-corrected chi connectivity index (χ1v) is 11.2. The van der Waals surface area contributed by atoms with Crippen molar-refractivity contribution in [3.05, 3.63) is 44.3 Å². The number of esters is 1. The maximum Gasteiger partial charge on any atom is 0.343 e. The van der Waals surface area contributed by atoms with E-state index >= 15 is 0 Å². The molecule has 2 aromatic rings. The Morgan fingerprint density at radius 2 is 2.23 bits per heavy atom. The van der Waals surface area contributed by atoms with E-state index in [0.29, 0.717) is 43.1 Å². The average molecular weight is 434 g/mol. The zero-order valence-corrected chi connectivity index (χ0v) is 18.0. The molecule has 1 saturated heterocycles. The first-order valence-electron chi connectivity index (χ1n) is 10.4. The molecule has 1 atom stereocenters. The van der Waals surface area contributed by atoms with Crippen molar-refractivity contribution in [2.24, 2.45) is 0 Å². The number of pyridine rings is 1. The Hall–Kier alpha value is -2.23. The fourth-order valence-electron chi connectivity index (χ4n) is 4.03. The number of nitrogens with zero attached hydrogens (tertiary/aromatic N) is 3. The van der Waals surface area contributed by atoms with Gasteiger partial charge in [-0.2, -0.15) is 0 Å². The summed E-state index contributed by atoms with van der Waals surface area (Å²) in [5.74, 6) is -0.188. The lowest BCUT2D eigenvalue weighted by molar-refractivity contribution is -0.0114. The highest BCUT2D eigenvalue weighted by atomic mass is 32.1. The van der Waals surface area contributed by atoms with Crippen LogP contribution in [0.2, 0.25) is 0 Å². The number of carbonyl (C=O) groups is 1. The molecule has 4 rings (SSSR count). The molecule has 162 valence electrons. The minimum absolute atomic E-state index is 0.0143. The number of ether oxygens (including phenoxy) is 3. The van der Waals surface area contributed by atoms with Crippen molar-refractivity contribution in [2.45, 2.75) is 44.9 Å². The van der Waals surface area contributed by atoms with Gasteiger partial charge in [-0.1, -0.05) is 0 Å². The van der Waals surface area contributed by atoms with Crippen molar-refractivity contribution in [3.63, 3.8) is 0 Å². The highest BCUT2D eigenvalue weighted by Crippen LogP contribution is 2.25. The smallest absolute Gasteiger partial charge is 0.343 e. The standard InChI is InChI=1S/C21H27N3O5S/c1-27-21(26)20-16-5-7-23(13-18-22-6-11-30-18)8-9-24(16)19(25)12-17(20)29-14-15-4-2-3-10-28-15/h6,11-12,15H,2-5,7-10,13-14H2,1H3/t15-/m0/s1. The van der Waals surface area contributed by atoms with E-state index < -0.39 is 5.97 Å². The number of thiazole rings is 1. The third-order valence-corrected chi connectivity index (χ3v) is 6.38. The lowest BCUT2D eigenvalue weighted by Crippen LogP contribution is -2.30. The second-order valence-electron chi connectivity index (χ2n) is 7.56. The molecule has 30 heavy (non-hydrogen) atoms. The molecule has 8 nitrogen and oxygen atoms in total. The summed E-state index contributed by atoms with van der Waals surface area (Å²) in [6.07, 6.45) is 5.42. The van der Waals surface area contributed by atoms with Crippen molar-refractivity contribution >= 4 is 17.3 Å². The topological polar surface area (TPSA) is 82.9 Å². The summed E-state index contributed by atoms with van der Waals surface area (Å²) in [6, 6.07) is 1.41. The Kier molecular flexibility index (Phi) is 6.81. The summed E-state index contributed by atoms with van der Waals surface area (Å²) in [7, 11) is 1.35. The van der Waals surface area contributed by atoms with Crippen LogP contribution < -0.4 is 10.3 Å². The van der Waals surface area contributed by atoms with Crippen LogP contribution in [0.3, 0.4) is 0 Å². The second-order valence-corrected chi connectivity index (χ2v) is 8.54. The van der Waals surface area contributed by atoms with E-state index in [1.807, 2.05) is 5.38 Å². The molecule has 0 spiro atoms. The number of aromatic nitrogens is 2. The Labute approximate surface area is 179 Å². The molecule has 1 fully saturated rings. The van der Waals surface area contributed by atoms with Crippen LogP contribution in [0, 0.1) is 0 Å². The lowest BCUT2D eigenvalue weighted by Gasteiger charge is -2.24. The van der Waals surface area contributed by atoms with Gasteiger partial charge in [-0.15, -0.1) is 11.3 Å². The van der Waals surface area contributed by atoms with Gasteiger partial charge in [0.1, 0.15) is 22.9 Å². The van der Waals surface area contributed by atoms with Crippen LogP contribution in [0.1, 0.15) is 40.3 Å². The molecule has 2 aromatic heterocycles. The van der Waals surface area contributed by atoms with Gasteiger partial charge in [0.05, 0.1) is 19.8 Å². The predicted molar refractivity (Wildman–Crippen MR) is 112 cm³/mol. The predicted octanol–water partition coefficient (Wildman–Crippen LogP) is 2.10. The highest BCUT2D eigenvalue weighted by molar-refractivity contribution is 7.09. The van der Waals surface area contributed by atoms with Gasteiger partial charge in [-0.05, 0) is 19.3 Å². The summed E-state index contributed by atoms with van der Waals surface area (Å²) in [6.45, 7) is 3.72. The molecular weight excluding hydrogens is 406 g/mol. The van der Waals surface area contributed by atoms with E-state index in [0.717, 1.165) is 44.0 Å². The molecule has 0 saturated carbocycles. The van der Waals surface area contributed by atoms with Gasteiger partial charge in [-0.3, -0.25) is 9.69 Å². The van der Waals surface area contributed by atoms with E-state index in [4.69, 9.17) is 14.2 Å². The van der Waals surface area contributed by atoms with E-state index in [1.165, 1.54) is 13.2 Å². The van der Waals surface area contributed by atoms with Crippen molar-refractivity contribution in [2.75, 3.05) is 33.4 Å². The van der Waals surface area contributed by atoms with E-state index in [2.05, 4.69) is 9.88 Å². The van der Waals surface area contributed by atoms with Crippen LogP contribution in [-0.2, 0) is 29.0 Å². The summed E-state index contributed by atoms with van der Waals surface area (Å²) >= 11 is 1.62. The first-order chi connectivity index (χ1) is 14.7. The maximum atomic E-state index is 12.8. The number of hydrogen-bond acceptors (Lipinski definition) is 8. The largest absolute Gasteiger partial charge is 0.490 e. The van der Waals surface area contributed by atoms with Gasteiger partial charge in [0, 0.05) is 56.0 Å². The molecule has 0 radical (unpaired) electrons. The summed E-state index contributed by atoms with van der Waals surface area (Å²) in [5.41, 5.74) is 0.868. The third kappa shape index (κ3) is 4.74. The van der Waals surface area contributed by atoms with E-state index in [9.17, 15) is 9.59 Å². The van der Waals surface area contributed by atoms with Gasteiger partial charge >= 0.3 is 5.97 Å². The number of carbonyl (C=O) groups excluding carboxylic acids is 1. The fourth-order valence-corrected chi connectivity index (χ4v) is 4.69. The van der Waals surface area contributed by atoms with Gasteiger partial charge in [-0.25, -0.2) is 9.78 Å². The third-order valence-electron chi connectivity index (χ3n) is 5.62. The van der Waals surface area contributed by atoms with Crippen molar-refractivity contribution in [3.8, 4) is 5.75 Å². The summed E-state index contributed by atoms with van der Waals surface area (Å²) in [4.78, 5) is 32.1. The minimum atomic E-state index is -0.480. The van der Waals surface area contributed by atoms with Crippen molar-refractivity contribution in [1.82, 2.24) is 14.5 Å². The van der Waals surface area contributed by atoms with Crippen LogP contribution in [0.5, 0.6) is 5.75 Å². The first kappa shape index (κ1) is 21.0. The van der Waals surface area contributed by atoms with Gasteiger partial charge < -0.3 is 18.8 Å². The van der Waals surface area contributed by atoms with Crippen LogP contribution in [0.15, 0.2) is 22.4 Å². The number of hydrogen-bond donors (Lipinski definition) is 0.